The molecule has 1 rings (SSSR count). The average Bonchev–Trinajstić information content (AvgIpc) is 2.38. The molecular formula is C14H18F3NO2. The Hall–Kier alpha value is -1.56. The second kappa shape index (κ2) is 7.89. The standard InChI is InChI=1S/C14H18F3NO2/c1-2-20-13(19)4-3-9-18-10-11-5-7-12(8-6-11)14(15,16)17/h5-8,18H,2-4,9-10H2,1H3. The lowest BCUT2D eigenvalue weighted by molar-refractivity contribution is -0.143. The van der Waals surface area contributed by atoms with Gasteiger partial charge in [-0.2, -0.15) is 13.2 Å². The Morgan fingerprint density at radius 3 is 2.45 bits per heavy atom. The van der Waals surface area contributed by atoms with Gasteiger partial charge < -0.3 is 10.1 Å². The molecule has 0 aliphatic rings. The van der Waals surface area contributed by atoms with Crippen LogP contribution in [0.3, 0.4) is 0 Å². The maximum Gasteiger partial charge on any atom is 0.416 e. The quantitative estimate of drug-likeness (QED) is 0.619. The Balaban J connectivity index is 2.24. The summed E-state index contributed by atoms with van der Waals surface area (Å²) in [5, 5.41) is 3.07. The maximum atomic E-state index is 12.4. The summed E-state index contributed by atoms with van der Waals surface area (Å²) in [5.41, 5.74) is 0.123. The van der Waals surface area contributed by atoms with Crippen molar-refractivity contribution in [3.05, 3.63) is 35.4 Å². The number of carbonyl (C=O) groups is 1. The van der Waals surface area contributed by atoms with E-state index in [0.29, 0.717) is 32.5 Å². The molecule has 3 nitrogen and oxygen atoms in total. The first-order valence-corrected chi connectivity index (χ1v) is 6.46. The molecule has 0 bridgehead atoms. The number of benzene rings is 1. The van der Waals surface area contributed by atoms with E-state index < -0.39 is 11.7 Å². The lowest BCUT2D eigenvalue weighted by Crippen LogP contribution is -2.16. The number of hydrogen-bond donors (Lipinski definition) is 1. The molecule has 0 fully saturated rings. The molecular weight excluding hydrogens is 271 g/mol. The van der Waals surface area contributed by atoms with Gasteiger partial charge in [0.15, 0.2) is 0 Å². The van der Waals surface area contributed by atoms with E-state index in [1.807, 2.05) is 0 Å². The highest BCUT2D eigenvalue weighted by Gasteiger charge is 2.29. The predicted octanol–water partition coefficient (Wildman–Crippen LogP) is 3.14. The van der Waals surface area contributed by atoms with Gasteiger partial charge in [-0.15, -0.1) is 0 Å². The van der Waals surface area contributed by atoms with Crippen LogP contribution in [0.5, 0.6) is 0 Å². The van der Waals surface area contributed by atoms with E-state index in [9.17, 15) is 18.0 Å². The SMILES string of the molecule is CCOC(=O)CCCNCc1ccc(C(F)(F)F)cc1. The minimum absolute atomic E-state index is 0.233. The third kappa shape index (κ3) is 6.06. The largest absolute Gasteiger partial charge is 0.466 e. The van der Waals surface area contributed by atoms with Crippen LogP contribution in [-0.2, 0) is 22.3 Å². The van der Waals surface area contributed by atoms with Crippen LogP contribution in [0.25, 0.3) is 0 Å². The summed E-state index contributed by atoms with van der Waals surface area (Å²) in [4.78, 5) is 11.1. The van der Waals surface area contributed by atoms with Crippen LogP contribution < -0.4 is 5.32 Å². The Bertz CT molecular complexity index is 415. The van der Waals surface area contributed by atoms with Crippen molar-refractivity contribution < 1.29 is 22.7 Å². The molecule has 0 heterocycles. The molecule has 0 aliphatic heterocycles. The second-order valence-electron chi connectivity index (χ2n) is 4.28. The first-order chi connectivity index (χ1) is 9.43. The Morgan fingerprint density at radius 2 is 1.90 bits per heavy atom. The summed E-state index contributed by atoms with van der Waals surface area (Å²) in [5.74, 6) is -0.233. The minimum atomic E-state index is -4.30. The first kappa shape index (κ1) is 16.5. The van der Waals surface area contributed by atoms with Crippen molar-refractivity contribution in [1.29, 1.82) is 0 Å². The molecule has 6 heteroatoms. The maximum absolute atomic E-state index is 12.4. The summed E-state index contributed by atoms with van der Waals surface area (Å²) < 4.78 is 41.8. The van der Waals surface area contributed by atoms with Gasteiger partial charge in [-0.05, 0) is 37.6 Å². The van der Waals surface area contributed by atoms with Gasteiger partial charge in [-0.3, -0.25) is 4.79 Å². The van der Waals surface area contributed by atoms with E-state index in [2.05, 4.69) is 5.32 Å². The number of rotatable bonds is 7. The fourth-order valence-corrected chi connectivity index (χ4v) is 1.64. The highest BCUT2D eigenvalue weighted by molar-refractivity contribution is 5.69. The Morgan fingerprint density at radius 1 is 1.25 bits per heavy atom. The highest BCUT2D eigenvalue weighted by atomic mass is 19.4. The number of esters is 1. The second-order valence-corrected chi connectivity index (χ2v) is 4.28. The highest BCUT2D eigenvalue weighted by Crippen LogP contribution is 2.28. The third-order valence-corrected chi connectivity index (χ3v) is 2.65. The van der Waals surface area contributed by atoms with Crippen LogP contribution in [0.15, 0.2) is 24.3 Å². The summed E-state index contributed by atoms with van der Waals surface area (Å²) in [7, 11) is 0. The fraction of sp³-hybridized carbons (Fsp3) is 0.500. The van der Waals surface area contributed by atoms with Gasteiger partial charge in [0.2, 0.25) is 0 Å². The smallest absolute Gasteiger partial charge is 0.416 e. The van der Waals surface area contributed by atoms with Crippen LogP contribution in [0, 0.1) is 0 Å². The number of hydrogen-bond acceptors (Lipinski definition) is 3. The monoisotopic (exact) mass is 289 g/mol. The molecule has 0 atom stereocenters. The van der Waals surface area contributed by atoms with E-state index in [1.54, 1.807) is 6.92 Å². The van der Waals surface area contributed by atoms with E-state index in [0.717, 1.165) is 17.7 Å². The van der Waals surface area contributed by atoms with Crippen molar-refractivity contribution in [1.82, 2.24) is 5.32 Å². The van der Waals surface area contributed by atoms with E-state index in [1.165, 1.54) is 12.1 Å². The zero-order valence-corrected chi connectivity index (χ0v) is 11.3. The number of nitrogens with one attached hydrogen (secondary N) is 1. The number of halogens is 3. The lowest BCUT2D eigenvalue weighted by atomic mass is 10.1. The van der Waals surface area contributed by atoms with Crippen molar-refractivity contribution in [2.45, 2.75) is 32.5 Å². The van der Waals surface area contributed by atoms with Crippen LogP contribution >= 0.6 is 0 Å². The zero-order chi connectivity index (χ0) is 15.0. The predicted molar refractivity (Wildman–Crippen MR) is 69.0 cm³/mol. The van der Waals surface area contributed by atoms with Gasteiger partial charge in [0.25, 0.3) is 0 Å². The van der Waals surface area contributed by atoms with Crippen molar-refractivity contribution in [2.75, 3.05) is 13.2 Å². The van der Waals surface area contributed by atoms with Crippen LogP contribution in [-0.4, -0.2) is 19.1 Å². The van der Waals surface area contributed by atoms with Crippen LogP contribution in [0.1, 0.15) is 30.9 Å². The molecule has 0 spiro atoms. The number of alkyl halides is 3. The molecule has 0 unspecified atom stereocenters. The van der Waals surface area contributed by atoms with Gasteiger partial charge in [0.05, 0.1) is 12.2 Å². The molecule has 0 saturated heterocycles. The summed E-state index contributed by atoms with van der Waals surface area (Å²) in [6.07, 6.45) is -3.32. The topological polar surface area (TPSA) is 38.3 Å². The van der Waals surface area contributed by atoms with Crippen molar-refractivity contribution in [2.24, 2.45) is 0 Å². The number of ether oxygens (including phenoxy) is 1. The molecule has 0 amide bonds. The van der Waals surface area contributed by atoms with Crippen molar-refractivity contribution in [3.8, 4) is 0 Å². The molecule has 0 aliphatic carbocycles. The van der Waals surface area contributed by atoms with Gasteiger partial charge in [0.1, 0.15) is 0 Å². The van der Waals surface area contributed by atoms with Crippen molar-refractivity contribution >= 4 is 5.97 Å². The normalized spacial score (nSPS) is 11.4. The summed E-state index contributed by atoms with van der Waals surface area (Å²) >= 11 is 0. The van der Waals surface area contributed by atoms with Gasteiger partial charge in [-0.1, -0.05) is 12.1 Å². The Kier molecular flexibility index (Phi) is 6.51. The lowest BCUT2D eigenvalue weighted by Gasteiger charge is -2.08. The summed E-state index contributed by atoms with van der Waals surface area (Å²) in [6, 6.07) is 5.02. The molecule has 0 saturated carbocycles. The molecule has 1 aromatic carbocycles. The molecule has 0 radical (unpaired) electrons. The fourth-order valence-electron chi connectivity index (χ4n) is 1.64. The molecule has 1 N–H and O–H groups in total. The molecule has 20 heavy (non-hydrogen) atoms. The molecule has 0 aromatic heterocycles. The zero-order valence-electron chi connectivity index (χ0n) is 11.3. The van der Waals surface area contributed by atoms with Crippen molar-refractivity contribution in [3.63, 3.8) is 0 Å². The first-order valence-electron chi connectivity index (χ1n) is 6.46. The summed E-state index contributed by atoms with van der Waals surface area (Å²) in [6.45, 7) is 3.21. The van der Waals surface area contributed by atoms with Gasteiger partial charge in [-0.25, -0.2) is 0 Å². The van der Waals surface area contributed by atoms with E-state index in [4.69, 9.17) is 4.74 Å². The average molecular weight is 289 g/mol. The van der Waals surface area contributed by atoms with Gasteiger partial charge in [0, 0.05) is 13.0 Å². The van der Waals surface area contributed by atoms with E-state index >= 15 is 0 Å². The number of carbonyl (C=O) groups excluding carboxylic acids is 1. The third-order valence-electron chi connectivity index (χ3n) is 2.65. The Labute approximate surface area is 116 Å². The van der Waals surface area contributed by atoms with Crippen LogP contribution in [0.2, 0.25) is 0 Å². The van der Waals surface area contributed by atoms with E-state index in [-0.39, 0.29) is 5.97 Å². The molecule has 1 aromatic rings. The van der Waals surface area contributed by atoms with Crippen LogP contribution in [0.4, 0.5) is 13.2 Å². The molecule has 112 valence electrons. The van der Waals surface area contributed by atoms with Gasteiger partial charge >= 0.3 is 12.1 Å². The minimum Gasteiger partial charge on any atom is -0.466 e.